The van der Waals surface area contributed by atoms with Crippen LogP contribution in [0.15, 0.2) is 76.3 Å². The molecular formula is C32H28F5N3O4. The van der Waals surface area contributed by atoms with E-state index >= 15 is 4.39 Å². The molecule has 5 rings (SSSR count). The molecule has 1 aliphatic heterocycles. The van der Waals surface area contributed by atoms with Crippen LogP contribution in [0.4, 0.5) is 22.0 Å². The van der Waals surface area contributed by atoms with Crippen molar-refractivity contribution in [2.24, 2.45) is 0 Å². The molecule has 1 amide bonds. The minimum Gasteiger partial charge on any atom is -0.494 e. The second-order valence-corrected chi connectivity index (χ2v) is 10.4. The standard InChI is InChI=1S/C32H28F5N3O4/c1-19-28(21-11-6-14-26(44-2)29(21)34)30(42)40(18-25(20-9-4-3-5-10-20)38-16-8-15-27(38)41)31(43)39(19)17-22-23(32(35,36)37)12-7-13-24(22)33/h3-7,9-14,25H,8,15-18H2,1-2H3/t25-/m0/s1. The average molecular weight is 614 g/mol. The van der Waals surface area contributed by atoms with Crippen molar-refractivity contribution in [2.75, 3.05) is 13.7 Å². The Morgan fingerprint density at radius 3 is 2.25 bits per heavy atom. The van der Waals surface area contributed by atoms with Gasteiger partial charge in [0.2, 0.25) is 5.91 Å². The maximum atomic E-state index is 15.6. The monoisotopic (exact) mass is 613 g/mol. The van der Waals surface area contributed by atoms with E-state index in [1.165, 1.54) is 37.1 Å². The Bertz CT molecular complexity index is 1830. The maximum Gasteiger partial charge on any atom is 0.416 e. The molecule has 44 heavy (non-hydrogen) atoms. The Morgan fingerprint density at radius 1 is 0.909 bits per heavy atom. The number of nitrogens with zero attached hydrogens (tertiary/aromatic N) is 3. The second kappa shape index (κ2) is 12.1. The molecule has 0 unspecified atom stereocenters. The van der Waals surface area contributed by atoms with Crippen molar-refractivity contribution in [2.45, 2.75) is 45.1 Å². The van der Waals surface area contributed by atoms with Gasteiger partial charge in [0, 0.05) is 29.8 Å². The molecule has 0 aliphatic carbocycles. The van der Waals surface area contributed by atoms with E-state index in [1.54, 1.807) is 30.3 Å². The fourth-order valence-electron chi connectivity index (χ4n) is 5.69. The van der Waals surface area contributed by atoms with Gasteiger partial charge in [-0.3, -0.25) is 18.7 Å². The van der Waals surface area contributed by atoms with E-state index in [0.29, 0.717) is 24.6 Å². The van der Waals surface area contributed by atoms with Gasteiger partial charge in [-0.25, -0.2) is 13.6 Å². The van der Waals surface area contributed by atoms with Crippen molar-refractivity contribution < 1.29 is 31.5 Å². The molecule has 4 aromatic rings. The predicted octanol–water partition coefficient (Wildman–Crippen LogP) is 5.70. The Kier molecular flexibility index (Phi) is 8.44. The highest BCUT2D eigenvalue weighted by atomic mass is 19.4. The van der Waals surface area contributed by atoms with Gasteiger partial charge in [0.1, 0.15) is 5.82 Å². The van der Waals surface area contributed by atoms with Gasteiger partial charge < -0.3 is 9.64 Å². The lowest BCUT2D eigenvalue weighted by atomic mass is 10.0. The summed E-state index contributed by atoms with van der Waals surface area (Å²) in [5.74, 6) is -2.53. The van der Waals surface area contributed by atoms with Gasteiger partial charge in [0.15, 0.2) is 11.6 Å². The summed E-state index contributed by atoms with van der Waals surface area (Å²) in [5, 5.41) is 0. The highest BCUT2D eigenvalue weighted by molar-refractivity contribution is 5.78. The van der Waals surface area contributed by atoms with Gasteiger partial charge in [-0.15, -0.1) is 0 Å². The van der Waals surface area contributed by atoms with Crippen LogP contribution in [0.1, 0.15) is 41.3 Å². The van der Waals surface area contributed by atoms with Crippen LogP contribution in [-0.2, 0) is 24.1 Å². The maximum absolute atomic E-state index is 15.6. The zero-order valence-corrected chi connectivity index (χ0v) is 23.8. The van der Waals surface area contributed by atoms with Crippen molar-refractivity contribution in [1.82, 2.24) is 14.0 Å². The van der Waals surface area contributed by atoms with E-state index in [-0.39, 0.29) is 41.4 Å². The van der Waals surface area contributed by atoms with Crippen LogP contribution in [0, 0.1) is 18.6 Å². The van der Waals surface area contributed by atoms with Crippen LogP contribution in [0.25, 0.3) is 11.1 Å². The first-order valence-electron chi connectivity index (χ1n) is 13.8. The number of carbonyl (C=O) groups is 1. The first-order valence-corrected chi connectivity index (χ1v) is 13.8. The predicted molar refractivity (Wildman–Crippen MR) is 152 cm³/mol. The van der Waals surface area contributed by atoms with Gasteiger partial charge >= 0.3 is 11.9 Å². The molecule has 12 heteroatoms. The molecule has 3 aromatic carbocycles. The van der Waals surface area contributed by atoms with Crippen molar-refractivity contribution >= 4 is 5.91 Å². The van der Waals surface area contributed by atoms with E-state index in [0.717, 1.165) is 21.3 Å². The summed E-state index contributed by atoms with van der Waals surface area (Å²) in [7, 11) is 1.22. The first kappa shape index (κ1) is 30.7. The number of aromatic nitrogens is 2. The van der Waals surface area contributed by atoms with Crippen LogP contribution >= 0.6 is 0 Å². The van der Waals surface area contributed by atoms with Crippen LogP contribution < -0.4 is 16.0 Å². The van der Waals surface area contributed by atoms with Crippen LogP contribution in [-0.4, -0.2) is 33.6 Å². The zero-order valence-electron chi connectivity index (χ0n) is 23.8. The highest BCUT2D eigenvalue weighted by Crippen LogP contribution is 2.34. The van der Waals surface area contributed by atoms with Gasteiger partial charge in [-0.1, -0.05) is 48.5 Å². The number of benzene rings is 3. The molecule has 0 spiro atoms. The van der Waals surface area contributed by atoms with Gasteiger partial charge in [-0.05, 0) is 37.1 Å². The molecule has 2 heterocycles. The smallest absolute Gasteiger partial charge is 0.416 e. The Hall–Kier alpha value is -4.74. The van der Waals surface area contributed by atoms with Gasteiger partial charge in [-0.2, -0.15) is 13.2 Å². The molecule has 0 saturated carbocycles. The van der Waals surface area contributed by atoms with Crippen molar-refractivity contribution in [3.63, 3.8) is 0 Å². The minimum atomic E-state index is -4.94. The number of carbonyl (C=O) groups excluding carboxylic acids is 1. The Balaban J connectivity index is 1.78. The fourth-order valence-corrected chi connectivity index (χ4v) is 5.69. The summed E-state index contributed by atoms with van der Waals surface area (Å²) in [6, 6.07) is 14.3. The molecule has 7 nitrogen and oxygen atoms in total. The molecule has 0 bridgehead atoms. The number of amides is 1. The normalized spacial score (nSPS) is 14.2. The third-order valence-electron chi connectivity index (χ3n) is 7.91. The lowest BCUT2D eigenvalue weighted by Gasteiger charge is -2.29. The van der Waals surface area contributed by atoms with Crippen LogP contribution in [0.5, 0.6) is 5.75 Å². The lowest BCUT2D eigenvalue weighted by molar-refractivity contribution is -0.138. The Labute approximate surface area is 248 Å². The zero-order chi connectivity index (χ0) is 31.8. The molecule has 230 valence electrons. The summed E-state index contributed by atoms with van der Waals surface area (Å²) < 4.78 is 79.0. The molecule has 0 radical (unpaired) electrons. The number of halogens is 5. The van der Waals surface area contributed by atoms with Crippen molar-refractivity contribution in [3.8, 4) is 16.9 Å². The van der Waals surface area contributed by atoms with E-state index in [1.807, 2.05) is 0 Å². The molecule has 1 aromatic heterocycles. The van der Waals surface area contributed by atoms with E-state index in [4.69, 9.17) is 4.74 Å². The molecular weight excluding hydrogens is 585 g/mol. The Morgan fingerprint density at radius 2 is 1.61 bits per heavy atom. The number of methoxy groups -OCH3 is 1. The number of ether oxygens (including phenoxy) is 1. The summed E-state index contributed by atoms with van der Waals surface area (Å²) in [6.07, 6.45) is -4.12. The average Bonchev–Trinajstić information content (AvgIpc) is 3.42. The van der Waals surface area contributed by atoms with E-state index in [9.17, 15) is 31.9 Å². The highest BCUT2D eigenvalue weighted by Gasteiger charge is 2.36. The molecule has 0 N–H and O–H groups in total. The molecule has 1 atom stereocenters. The lowest BCUT2D eigenvalue weighted by Crippen LogP contribution is -2.45. The van der Waals surface area contributed by atoms with Crippen molar-refractivity contribution in [1.29, 1.82) is 0 Å². The topological polar surface area (TPSA) is 73.5 Å². The quantitative estimate of drug-likeness (QED) is 0.239. The summed E-state index contributed by atoms with van der Waals surface area (Å²) in [5.41, 5.74) is -4.20. The molecule has 1 fully saturated rings. The minimum absolute atomic E-state index is 0.173. The van der Waals surface area contributed by atoms with E-state index in [2.05, 4.69) is 0 Å². The first-order chi connectivity index (χ1) is 20.9. The fraction of sp³-hybridized carbons (Fsp3) is 0.281. The third kappa shape index (κ3) is 5.63. The SMILES string of the molecule is COc1cccc(-c2c(C)n(Cc3c(F)cccc3C(F)(F)F)c(=O)n(C[C@@H](c3ccccc3)N3CCCC3=O)c2=O)c1F. The molecule has 1 saturated heterocycles. The summed E-state index contributed by atoms with van der Waals surface area (Å²) in [6.45, 7) is 0.363. The number of hydrogen-bond donors (Lipinski definition) is 0. The van der Waals surface area contributed by atoms with Gasteiger partial charge in [0.25, 0.3) is 5.56 Å². The number of hydrogen-bond acceptors (Lipinski definition) is 4. The van der Waals surface area contributed by atoms with Crippen LogP contribution in [0.2, 0.25) is 0 Å². The van der Waals surface area contributed by atoms with Crippen LogP contribution in [0.3, 0.4) is 0 Å². The number of likely N-dealkylation sites (tertiary alicyclic amines) is 1. The second-order valence-electron chi connectivity index (χ2n) is 10.4. The van der Waals surface area contributed by atoms with E-state index < -0.39 is 52.8 Å². The number of rotatable bonds is 8. The largest absolute Gasteiger partial charge is 0.494 e. The summed E-state index contributed by atoms with van der Waals surface area (Å²) >= 11 is 0. The van der Waals surface area contributed by atoms with Crippen molar-refractivity contribution in [3.05, 3.63) is 122 Å². The third-order valence-corrected chi connectivity index (χ3v) is 7.91. The summed E-state index contributed by atoms with van der Waals surface area (Å²) in [4.78, 5) is 42.5. The van der Waals surface area contributed by atoms with Gasteiger partial charge in [0.05, 0.1) is 37.4 Å². The number of alkyl halides is 3. The molecule has 1 aliphatic rings.